The van der Waals surface area contributed by atoms with Crippen molar-refractivity contribution >= 4 is 48.0 Å². The molecule has 0 fully saturated rings. The number of anilines is 2. The lowest BCUT2D eigenvalue weighted by atomic mass is 10.2. The molecule has 2 amide bonds. The van der Waals surface area contributed by atoms with Crippen molar-refractivity contribution in [3.8, 4) is 5.75 Å². The summed E-state index contributed by atoms with van der Waals surface area (Å²) >= 11 is 1.38. The Balaban J connectivity index is 0.000000365. The molecule has 0 radical (unpaired) electrons. The Morgan fingerprint density at radius 2 is 1.71 bits per heavy atom. The molecule has 0 aliphatic rings. The first-order chi connectivity index (χ1) is 16.7. The molecule has 0 atom stereocenters. The number of nitrogens with one attached hydrogen (secondary N) is 3. The second-order valence-electron chi connectivity index (χ2n) is 7.17. The van der Waals surface area contributed by atoms with Crippen LogP contribution >= 0.6 is 11.8 Å². The Morgan fingerprint density at radius 1 is 1.11 bits per heavy atom. The lowest BCUT2D eigenvalue weighted by Crippen LogP contribution is -2.27. The van der Waals surface area contributed by atoms with E-state index in [1.54, 1.807) is 43.3 Å². The van der Waals surface area contributed by atoms with Gasteiger partial charge in [0.2, 0.25) is 5.91 Å². The summed E-state index contributed by atoms with van der Waals surface area (Å²) in [5, 5.41) is 9.39. The van der Waals surface area contributed by atoms with Gasteiger partial charge in [-0.05, 0) is 69.3 Å². The van der Waals surface area contributed by atoms with Crippen molar-refractivity contribution in [2.24, 2.45) is 10.7 Å². The third-order valence-corrected chi connectivity index (χ3v) is 5.18. The van der Waals surface area contributed by atoms with E-state index in [1.165, 1.54) is 11.8 Å². The van der Waals surface area contributed by atoms with Gasteiger partial charge in [-0.1, -0.05) is 11.8 Å². The molecule has 2 rings (SSSR count). The lowest BCUT2D eigenvalue weighted by Gasteiger charge is -2.11. The Kier molecular flexibility index (Phi) is 13.3. The third-order valence-electron chi connectivity index (χ3n) is 4.21. The average Bonchev–Trinajstić information content (AvgIpc) is 2.84. The standard InChI is InChI=1S/C13H18N4O2S.C11H14N2O2/c1-15-11(12(14)18)13(16-2)20-8-17-9-4-6-10(19-3)7-5-9;1-13(2)7-11(15)12-10-5-3-9(8-14)4-6-10/h4-7,16-17H,1,8H2,2-3H3,(H2,14,18);3-6,8H,7H2,1-2H3,(H,12,15)/b13-11-;. The van der Waals surface area contributed by atoms with E-state index >= 15 is 0 Å². The molecule has 0 bridgehead atoms. The number of nitrogens with zero attached hydrogens (tertiary/aromatic N) is 2. The number of likely N-dealkylation sites (N-methyl/N-ethyl adjacent to an activating group) is 1. The molecule has 11 heteroatoms. The molecule has 2 aromatic rings. The van der Waals surface area contributed by atoms with Gasteiger partial charge >= 0.3 is 0 Å². The van der Waals surface area contributed by atoms with Crippen molar-refractivity contribution in [3.05, 3.63) is 64.8 Å². The van der Waals surface area contributed by atoms with Crippen LogP contribution in [0.1, 0.15) is 10.4 Å². The molecule has 35 heavy (non-hydrogen) atoms. The van der Waals surface area contributed by atoms with Gasteiger partial charge in [0.15, 0.2) is 5.70 Å². The highest BCUT2D eigenvalue weighted by Crippen LogP contribution is 2.20. The number of hydrogen-bond donors (Lipinski definition) is 4. The molecule has 0 aliphatic carbocycles. The minimum absolute atomic E-state index is 0.0705. The zero-order chi connectivity index (χ0) is 26.2. The highest BCUT2D eigenvalue weighted by molar-refractivity contribution is 8.03. The normalized spacial score (nSPS) is 10.8. The molecule has 0 aromatic heterocycles. The van der Waals surface area contributed by atoms with E-state index in [1.807, 2.05) is 38.4 Å². The van der Waals surface area contributed by atoms with Crippen molar-refractivity contribution < 1.29 is 19.1 Å². The Labute approximate surface area is 210 Å². The third kappa shape index (κ3) is 11.2. The summed E-state index contributed by atoms with van der Waals surface area (Å²) in [6, 6.07) is 14.3. The number of hydrogen-bond acceptors (Lipinski definition) is 9. The SMILES string of the molecule is C=N/C(C(N)=O)=C(/NC)SCNc1ccc(OC)cc1.CN(C)CC(=O)Nc1ccc(C=O)cc1. The van der Waals surface area contributed by atoms with Gasteiger partial charge in [-0.2, -0.15) is 0 Å². The van der Waals surface area contributed by atoms with E-state index in [2.05, 4.69) is 27.7 Å². The first-order valence-electron chi connectivity index (χ1n) is 10.4. The second kappa shape index (κ2) is 15.9. The summed E-state index contributed by atoms with van der Waals surface area (Å²) in [6.07, 6.45) is 0.769. The number of nitrogens with two attached hydrogens (primary N) is 1. The minimum Gasteiger partial charge on any atom is -0.497 e. The van der Waals surface area contributed by atoms with Crippen molar-refractivity contribution in [1.82, 2.24) is 10.2 Å². The Bertz CT molecular complexity index is 1010. The highest BCUT2D eigenvalue weighted by Gasteiger charge is 2.10. The Hall–Kier alpha value is -3.83. The zero-order valence-electron chi connectivity index (χ0n) is 20.3. The van der Waals surface area contributed by atoms with Crippen LogP contribution in [0.15, 0.2) is 64.2 Å². The maximum absolute atomic E-state index is 11.4. The zero-order valence-corrected chi connectivity index (χ0v) is 21.1. The summed E-state index contributed by atoms with van der Waals surface area (Å²) in [6.45, 7) is 3.68. The summed E-state index contributed by atoms with van der Waals surface area (Å²) in [4.78, 5) is 38.3. The summed E-state index contributed by atoms with van der Waals surface area (Å²) < 4.78 is 5.08. The van der Waals surface area contributed by atoms with Gasteiger partial charge in [0.05, 0.1) is 19.5 Å². The fourth-order valence-electron chi connectivity index (χ4n) is 2.55. The number of amides is 2. The molecule has 5 N–H and O–H groups in total. The quantitative estimate of drug-likeness (QED) is 0.151. The number of rotatable bonds is 12. The van der Waals surface area contributed by atoms with Gasteiger partial charge in [-0.3, -0.25) is 19.4 Å². The van der Waals surface area contributed by atoms with E-state index in [9.17, 15) is 14.4 Å². The van der Waals surface area contributed by atoms with Crippen LogP contribution < -0.4 is 26.4 Å². The largest absolute Gasteiger partial charge is 0.497 e. The molecule has 0 saturated heterocycles. The summed E-state index contributed by atoms with van der Waals surface area (Å²) in [7, 11) is 6.98. The van der Waals surface area contributed by atoms with Gasteiger partial charge in [-0.15, -0.1) is 0 Å². The minimum atomic E-state index is -0.610. The monoisotopic (exact) mass is 500 g/mol. The molecule has 0 aliphatic heterocycles. The van der Waals surface area contributed by atoms with Crippen LogP contribution in [0.4, 0.5) is 11.4 Å². The molecule has 0 unspecified atom stereocenters. The molecule has 10 nitrogen and oxygen atoms in total. The van der Waals surface area contributed by atoms with Crippen molar-refractivity contribution in [2.45, 2.75) is 0 Å². The van der Waals surface area contributed by atoms with Crippen LogP contribution in [0.3, 0.4) is 0 Å². The first-order valence-corrected chi connectivity index (χ1v) is 11.4. The molecule has 0 spiro atoms. The van der Waals surface area contributed by atoms with Crippen LogP contribution in [-0.4, -0.2) is 70.4 Å². The second-order valence-corrected chi connectivity index (χ2v) is 8.16. The number of methoxy groups -OCH3 is 1. The van der Waals surface area contributed by atoms with Gasteiger partial charge < -0.3 is 31.3 Å². The van der Waals surface area contributed by atoms with E-state index in [4.69, 9.17) is 10.5 Å². The van der Waals surface area contributed by atoms with E-state index in [0.717, 1.165) is 17.7 Å². The summed E-state index contributed by atoms with van der Waals surface area (Å²) in [5.74, 6) is 0.667. The number of primary amides is 1. The number of thioether (sulfide) groups is 1. The van der Waals surface area contributed by atoms with Crippen LogP contribution in [0.25, 0.3) is 0 Å². The molecular weight excluding hydrogens is 468 g/mol. The van der Waals surface area contributed by atoms with Crippen LogP contribution in [0, 0.1) is 0 Å². The molecular formula is C24H32N6O4S. The van der Waals surface area contributed by atoms with E-state index < -0.39 is 5.91 Å². The highest BCUT2D eigenvalue weighted by atomic mass is 32.2. The molecule has 0 saturated carbocycles. The first kappa shape index (κ1) is 29.2. The van der Waals surface area contributed by atoms with Gasteiger partial charge in [0, 0.05) is 24.0 Å². The predicted molar refractivity (Wildman–Crippen MR) is 143 cm³/mol. The maximum atomic E-state index is 11.4. The number of ether oxygens (including phenoxy) is 1. The molecule has 188 valence electrons. The van der Waals surface area contributed by atoms with Crippen LogP contribution in [-0.2, 0) is 9.59 Å². The summed E-state index contributed by atoms with van der Waals surface area (Å²) in [5.41, 5.74) is 7.60. The predicted octanol–water partition coefficient (Wildman–Crippen LogP) is 2.37. The fraction of sp³-hybridized carbons (Fsp3) is 0.250. The average molecular weight is 501 g/mol. The number of aliphatic imine (C=N–C) groups is 1. The number of carbonyl (C=O) groups is 3. The Morgan fingerprint density at radius 3 is 2.17 bits per heavy atom. The van der Waals surface area contributed by atoms with Crippen molar-refractivity contribution in [1.29, 1.82) is 0 Å². The lowest BCUT2D eigenvalue weighted by molar-refractivity contribution is -0.117. The van der Waals surface area contributed by atoms with Gasteiger partial charge in [0.1, 0.15) is 17.1 Å². The molecule has 2 aromatic carbocycles. The number of aldehydes is 1. The topological polar surface area (TPSA) is 138 Å². The maximum Gasteiger partial charge on any atom is 0.269 e. The van der Waals surface area contributed by atoms with Crippen molar-refractivity contribution in [3.63, 3.8) is 0 Å². The molecule has 0 heterocycles. The van der Waals surface area contributed by atoms with Crippen LogP contribution in [0.5, 0.6) is 5.75 Å². The van der Waals surface area contributed by atoms with E-state index in [-0.39, 0.29) is 11.6 Å². The number of benzene rings is 2. The smallest absolute Gasteiger partial charge is 0.269 e. The van der Waals surface area contributed by atoms with Crippen molar-refractivity contribution in [2.75, 3.05) is 51.3 Å². The number of carbonyl (C=O) groups excluding carboxylic acids is 3. The van der Waals surface area contributed by atoms with E-state index in [0.29, 0.717) is 28.7 Å². The van der Waals surface area contributed by atoms with Crippen LogP contribution in [0.2, 0.25) is 0 Å². The fourth-order valence-corrected chi connectivity index (χ4v) is 3.38. The van der Waals surface area contributed by atoms with Gasteiger partial charge in [-0.25, -0.2) is 0 Å². The van der Waals surface area contributed by atoms with Gasteiger partial charge in [0.25, 0.3) is 5.91 Å².